The van der Waals surface area contributed by atoms with Crippen molar-refractivity contribution in [3.8, 4) is 0 Å². The van der Waals surface area contributed by atoms with E-state index in [1.807, 2.05) is 12.4 Å². The van der Waals surface area contributed by atoms with Crippen LogP contribution in [0.15, 0.2) is 18.5 Å². The lowest BCUT2D eigenvalue weighted by molar-refractivity contribution is 0.776. The molecule has 0 fully saturated rings. The lowest BCUT2D eigenvalue weighted by atomic mass is 10.0. The Balaban J connectivity index is 2.66. The van der Waals surface area contributed by atoms with Crippen LogP contribution in [-0.4, -0.2) is 4.98 Å². The smallest absolute Gasteiger partial charge is 0.0302 e. The minimum atomic E-state index is 1.19. The third kappa shape index (κ3) is 3.17. The predicted molar refractivity (Wildman–Crippen MR) is 56.8 cm³/mol. The molecule has 1 heterocycles. The van der Waals surface area contributed by atoms with E-state index < -0.39 is 0 Å². The van der Waals surface area contributed by atoms with Gasteiger partial charge in [0.2, 0.25) is 0 Å². The molecule has 0 N–H and O–H groups in total. The minimum Gasteiger partial charge on any atom is -0.264 e. The Labute approximate surface area is 81.2 Å². The van der Waals surface area contributed by atoms with Crippen molar-refractivity contribution in [3.63, 3.8) is 0 Å². The van der Waals surface area contributed by atoms with Crippen molar-refractivity contribution in [2.24, 2.45) is 0 Å². The first-order valence-corrected chi connectivity index (χ1v) is 5.30. The molecule has 13 heavy (non-hydrogen) atoms. The van der Waals surface area contributed by atoms with Crippen molar-refractivity contribution < 1.29 is 0 Å². The standard InChI is InChI=1S/C12H19N/c1-3-5-7-12-10-13-9-8-11(12)6-4-2/h8-10H,3-7H2,1-2H3. The number of rotatable bonds is 5. The maximum absolute atomic E-state index is 4.18. The van der Waals surface area contributed by atoms with Gasteiger partial charge in [-0.05, 0) is 36.5 Å². The molecule has 0 saturated heterocycles. The molecule has 1 heteroatoms. The SMILES string of the molecule is CCCCc1cnccc1CCC. The van der Waals surface area contributed by atoms with Crippen LogP contribution in [0.2, 0.25) is 0 Å². The summed E-state index contributed by atoms with van der Waals surface area (Å²) in [5.41, 5.74) is 2.94. The van der Waals surface area contributed by atoms with Crippen molar-refractivity contribution in [3.05, 3.63) is 29.6 Å². The number of unbranched alkanes of at least 4 members (excludes halogenated alkanes) is 1. The molecular weight excluding hydrogens is 158 g/mol. The fraction of sp³-hybridized carbons (Fsp3) is 0.583. The van der Waals surface area contributed by atoms with Crippen LogP contribution in [0.1, 0.15) is 44.2 Å². The lowest BCUT2D eigenvalue weighted by Crippen LogP contribution is -1.94. The van der Waals surface area contributed by atoms with Gasteiger partial charge in [0.15, 0.2) is 0 Å². The highest BCUT2D eigenvalue weighted by molar-refractivity contribution is 5.23. The van der Waals surface area contributed by atoms with Crippen LogP contribution in [0.5, 0.6) is 0 Å². The second kappa shape index (κ2) is 5.74. The Morgan fingerprint density at radius 3 is 2.62 bits per heavy atom. The Morgan fingerprint density at radius 2 is 1.92 bits per heavy atom. The van der Waals surface area contributed by atoms with Gasteiger partial charge in [0.25, 0.3) is 0 Å². The lowest BCUT2D eigenvalue weighted by Gasteiger charge is -2.06. The number of hydrogen-bond donors (Lipinski definition) is 0. The van der Waals surface area contributed by atoms with Gasteiger partial charge in [-0.25, -0.2) is 0 Å². The summed E-state index contributed by atoms with van der Waals surface area (Å²) in [7, 11) is 0. The summed E-state index contributed by atoms with van der Waals surface area (Å²) in [6.45, 7) is 4.46. The molecule has 1 rings (SSSR count). The number of aryl methyl sites for hydroxylation is 2. The third-order valence-corrected chi connectivity index (χ3v) is 2.32. The van der Waals surface area contributed by atoms with Crippen molar-refractivity contribution in [2.75, 3.05) is 0 Å². The molecule has 0 aliphatic heterocycles. The zero-order chi connectivity index (χ0) is 9.52. The van der Waals surface area contributed by atoms with Crippen molar-refractivity contribution in [1.29, 1.82) is 0 Å². The summed E-state index contributed by atoms with van der Waals surface area (Å²) in [6.07, 6.45) is 10.1. The number of nitrogens with zero attached hydrogens (tertiary/aromatic N) is 1. The van der Waals surface area contributed by atoms with E-state index in [0.29, 0.717) is 0 Å². The summed E-state index contributed by atoms with van der Waals surface area (Å²) in [5, 5.41) is 0. The van der Waals surface area contributed by atoms with Gasteiger partial charge >= 0.3 is 0 Å². The average Bonchev–Trinajstić information content (AvgIpc) is 2.17. The van der Waals surface area contributed by atoms with Gasteiger partial charge in [-0.3, -0.25) is 4.98 Å². The zero-order valence-corrected chi connectivity index (χ0v) is 8.71. The largest absolute Gasteiger partial charge is 0.264 e. The maximum atomic E-state index is 4.18. The van der Waals surface area contributed by atoms with E-state index in [1.165, 1.54) is 43.2 Å². The molecule has 0 amide bonds. The normalized spacial score (nSPS) is 10.3. The van der Waals surface area contributed by atoms with Crippen molar-refractivity contribution >= 4 is 0 Å². The van der Waals surface area contributed by atoms with E-state index in [4.69, 9.17) is 0 Å². The summed E-state index contributed by atoms with van der Waals surface area (Å²) in [6, 6.07) is 2.16. The first kappa shape index (κ1) is 10.2. The van der Waals surface area contributed by atoms with Gasteiger partial charge in [-0.1, -0.05) is 26.7 Å². The monoisotopic (exact) mass is 177 g/mol. The van der Waals surface area contributed by atoms with E-state index in [9.17, 15) is 0 Å². The van der Waals surface area contributed by atoms with Crippen LogP contribution in [-0.2, 0) is 12.8 Å². The summed E-state index contributed by atoms with van der Waals surface area (Å²) >= 11 is 0. The minimum absolute atomic E-state index is 1.19. The molecule has 0 aromatic carbocycles. The molecule has 1 nitrogen and oxygen atoms in total. The Bertz CT molecular complexity index is 243. The highest BCUT2D eigenvalue weighted by atomic mass is 14.6. The molecule has 1 aromatic rings. The number of pyridine rings is 1. The van der Waals surface area contributed by atoms with E-state index >= 15 is 0 Å². The van der Waals surface area contributed by atoms with Crippen LogP contribution in [0.3, 0.4) is 0 Å². The molecule has 72 valence electrons. The van der Waals surface area contributed by atoms with Crippen LogP contribution >= 0.6 is 0 Å². The fourth-order valence-electron chi connectivity index (χ4n) is 1.56. The van der Waals surface area contributed by atoms with Gasteiger partial charge in [0.1, 0.15) is 0 Å². The first-order valence-electron chi connectivity index (χ1n) is 5.30. The Kier molecular flexibility index (Phi) is 4.52. The molecule has 0 aliphatic rings. The molecule has 0 atom stereocenters. The van der Waals surface area contributed by atoms with Crippen LogP contribution in [0.25, 0.3) is 0 Å². The second-order valence-electron chi connectivity index (χ2n) is 3.50. The van der Waals surface area contributed by atoms with E-state index in [1.54, 1.807) is 0 Å². The van der Waals surface area contributed by atoms with Crippen molar-refractivity contribution in [1.82, 2.24) is 4.98 Å². The zero-order valence-electron chi connectivity index (χ0n) is 8.71. The van der Waals surface area contributed by atoms with Gasteiger partial charge < -0.3 is 0 Å². The van der Waals surface area contributed by atoms with Gasteiger partial charge in [0, 0.05) is 12.4 Å². The first-order chi connectivity index (χ1) is 6.38. The van der Waals surface area contributed by atoms with Crippen LogP contribution in [0, 0.1) is 0 Å². The van der Waals surface area contributed by atoms with Crippen LogP contribution < -0.4 is 0 Å². The Morgan fingerprint density at radius 1 is 1.08 bits per heavy atom. The predicted octanol–water partition coefficient (Wildman–Crippen LogP) is 3.38. The maximum Gasteiger partial charge on any atom is 0.0302 e. The van der Waals surface area contributed by atoms with E-state index in [0.717, 1.165) is 0 Å². The molecule has 0 spiro atoms. The summed E-state index contributed by atoms with van der Waals surface area (Å²) in [4.78, 5) is 4.18. The van der Waals surface area contributed by atoms with Gasteiger partial charge in [-0.15, -0.1) is 0 Å². The average molecular weight is 177 g/mol. The number of aromatic nitrogens is 1. The molecule has 0 bridgehead atoms. The van der Waals surface area contributed by atoms with Crippen LogP contribution in [0.4, 0.5) is 0 Å². The molecule has 0 unspecified atom stereocenters. The van der Waals surface area contributed by atoms with E-state index in [-0.39, 0.29) is 0 Å². The quantitative estimate of drug-likeness (QED) is 0.672. The van der Waals surface area contributed by atoms with Gasteiger partial charge in [0.05, 0.1) is 0 Å². The molecular formula is C12H19N. The topological polar surface area (TPSA) is 12.9 Å². The summed E-state index contributed by atoms with van der Waals surface area (Å²) < 4.78 is 0. The molecule has 0 radical (unpaired) electrons. The fourth-order valence-corrected chi connectivity index (χ4v) is 1.56. The van der Waals surface area contributed by atoms with Crippen molar-refractivity contribution in [2.45, 2.75) is 46.0 Å². The molecule has 1 aromatic heterocycles. The molecule has 0 saturated carbocycles. The summed E-state index contributed by atoms with van der Waals surface area (Å²) in [5.74, 6) is 0. The van der Waals surface area contributed by atoms with Gasteiger partial charge in [-0.2, -0.15) is 0 Å². The highest BCUT2D eigenvalue weighted by Gasteiger charge is 1.99. The Hall–Kier alpha value is -0.850. The molecule has 0 aliphatic carbocycles. The number of hydrogen-bond acceptors (Lipinski definition) is 1. The van der Waals surface area contributed by atoms with E-state index in [2.05, 4.69) is 24.9 Å². The highest BCUT2D eigenvalue weighted by Crippen LogP contribution is 2.12. The second-order valence-corrected chi connectivity index (χ2v) is 3.50. The third-order valence-electron chi connectivity index (χ3n) is 2.32.